The highest BCUT2D eigenvalue weighted by Crippen LogP contribution is 2.16. The van der Waals surface area contributed by atoms with Crippen molar-refractivity contribution in [3.63, 3.8) is 0 Å². The van der Waals surface area contributed by atoms with Gasteiger partial charge in [0.15, 0.2) is 5.88 Å². The number of ketones is 1. The lowest BCUT2D eigenvalue weighted by atomic mass is 10.2. The number of aryl methyl sites for hydroxylation is 2. The molecule has 0 saturated carbocycles. The van der Waals surface area contributed by atoms with E-state index in [0.29, 0.717) is 12.3 Å². The zero-order valence-corrected chi connectivity index (χ0v) is 11.3. The van der Waals surface area contributed by atoms with Gasteiger partial charge in [-0.1, -0.05) is 6.07 Å². The fourth-order valence-corrected chi connectivity index (χ4v) is 2.56. The summed E-state index contributed by atoms with van der Waals surface area (Å²) >= 11 is 1.72. The molecule has 2 aromatic rings. The summed E-state index contributed by atoms with van der Waals surface area (Å²) in [5, 5.41) is 13.7. The largest absolute Gasteiger partial charge is 0.820 e. The Hall–Kier alpha value is -1.62. The summed E-state index contributed by atoms with van der Waals surface area (Å²) in [6.45, 7) is 1.34. The molecule has 18 heavy (non-hydrogen) atoms. The van der Waals surface area contributed by atoms with Crippen molar-refractivity contribution in [1.29, 1.82) is 0 Å². The van der Waals surface area contributed by atoms with E-state index in [1.165, 1.54) is 16.4 Å². The Balaban J connectivity index is 2.01. The molecule has 0 spiro atoms. The molecule has 96 valence electrons. The van der Waals surface area contributed by atoms with Gasteiger partial charge in [-0.15, -0.1) is 11.3 Å². The first-order valence-corrected chi connectivity index (χ1v) is 6.69. The minimum absolute atomic E-state index is 0.0661. The number of carbonyl (C=O) groups excluding carboxylic acids is 1. The fraction of sp³-hybridized carbons (Fsp3) is 0.385. The molecule has 0 saturated heterocycles. The molecular formula is C13H15NO3S. The van der Waals surface area contributed by atoms with Crippen LogP contribution in [0, 0.1) is 0 Å². The van der Waals surface area contributed by atoms with Crippen LogP contribution < -0.4 is 9.67 Å². The lowest BCUT2D eigenvalue weighted by Gasteiger charge is -1.96. The predicted octanol–water partition coefficient (Wildman–Crippen LogP) is 1.62. The number of aromatic nitrogens is 1. The minimum Gasteiger partial charge on any atom is -0.820 e. The molecule has 0 radical (unpaired) electrons. The number of hydrogen-bond acceptors (Lipinski definition) is 4. The minimum atomic E-state index is -0.339. The van der Waals surface area contributed by atoms with Crippen LogP contribution in [-0.4, -0.2) is 5.78 Å². The molecule has 0 aromatic carbocycles. The van der Waals surface area contributed by atoms with Gasteiger partial charge in [-0.3, -0.25) is 4.79 Å². The van der Waals surface area contributed by atoms with Crippen molar-refractivity contribution in [3.8, 4) is 5.88 Å². The number of rotatable bonds is 5. The van der Waals surface area contributed by atoms with Crippen LogP contribution in [0.1, 0.15) is 34.7 Å². The van der Waals surface area contributed by atoms with Crippen LogP contribution in [0.5, 0.6) is 5.88 Å². The second-order valence-electron chi connectivity index (χ2n) is 4.18. The van der Waals surface area contributed by atoms with Gasteiger partial charge in [0.25, 0.3) is 0 Å². The third kappa shape index (κ3) is 2.61. The van der Waals surface area contributed by atoms with Crippen LogP contribution in [0.3, 0.4) is 0 Å². The standard InChI is InChI=1S/C13H15NO3S/c1-9(15)12-13(16)14(2)11(17-12)7-3-5-10-6-4-8-18-10/h4,6,8H,3,5,7H2,1-2H3. The molecule has 4 nitrogen and oxygen atoms in total. The van der Waals surface area contributed by atoms with Crippen LogP contribution in [0.25, 0.3) is 0 Å². The molecule has 0 aliphatic heterocycles. The third-order valence-electron chi connectivity index (χ3n) is 2.81. The van der Waals surface area contributed by atoms with Crippen LogP contribution >= 0.6 is 11.3 Å². The molecule has 0 N–H and O–H groups in total. The Morgan fingerprint density at radius 3 is 2.83 bits per heavy atom. The zero-order valence-electron chi connectivity index (χ0n) is 10.4. The Morgan fingerprint density at radius 2 is 2.28 bits per heavy atom. The lowest BCUT2D eigenvalue weighted by molar-refractivity contribution is -0.721. The predicted molar refractivity (Wildman–Crippen MR) is 65.7 cm³/mol. The number of thiophene rings is 1. The van der Waals surface area contributed by atoms with Gasteiger partial charge in [0.2, 0.25) is 11.5 Å². The van der Waals surface area contributed by atoms with Crippen molar-refractivity contribution in [3.05, 3.63) is 34.0 Å². The first kappa shape index (κ1) is 12.8. The molecule has 0 unspecified atom stereocenters. The van der Waals surface area contributed by atoms with Crippen molar-refractivity contribution < 1.29 is 18.9 Å². The normalized spacial score (nSPS) is 10.8. The van der Waals surface area contributed by atoms with E-state index in [9.17, 15) is 9.90 Å². The first-order valence-electron chi connectivity index (χ1n) is 5.81. The molecular weight excluding hydrogens is 250 g/mol. The monoisotopic (exact) mass is 265 g/mol. The average molecular weight is 265 g/mol. The molecule has 0 bridgehead atoms. The first-order chi connectivity index (χ1) is 8.59. The molecule has 2 rings (SSSR count). The highest BCUT2D eigenvalue weighted by Gasteiger charge is 2.21. The van der Waals surface area contributed by atoms with E-state index in [-0.39, 0.29) is 17.4 Å². The smallest absolute Gasteiger partial charge is 0.346 e. The topological polar surface area (TPSA) is 57.2 Å². The van der Waals surface area contributed by atoms with Gasteiger partial charge in [-0.25, -0.2) is 0 Å². The lowest BCUT2D eigenvalue weighted by Crippen LogP contribution is -2.34. The van der Waals surface area contributed by atoms with Crippen LogP contribution in [0.2, 0.25) is 0 Å². The quantitative estimate of drug-likeness (QED) is 0.609. The van der Waals surface area contributed by atoms with E-state index in [1.54, 1.807) is 18.4 Å². The molecule has 2 heterocycles. The number of hydrogen-bond donors (Lipinski definition) is 0. The fourth-order valence-electron chi connectivity index (χ4n) is 1.81. The molecule has 5 heteroatoms. The van der Waals surface area contributed by atoms with Crippen LogP contribution in [-0.2, 0) is 19.9 Å². The van der Waals surface area contributed by atoms with Crippen molar-refractivity contribution >= 4 is 17.1 Å². The van der Waals surface area contributed by atoms with Crippen molar-refractivity contribution in [1.82, 2.24) is 0 Å². The van der Waals surface area contributed by atoms with Crippen LogP contribution in [0.15, 0.2) is 21.9 Å². The van der Waals surface area contributed by atoms with E-state index in [4.69, 9.17) is 4.42 Å². The summed E-state index contributed by atoms with van der Waals surface area (Å²) < 4.78 is 6.75. The SMILES string of the molecule is CC(=O)c1oc(CCCc2cccs2)[n+](C)c1[O-]. The maximum Gasteiger partial charge on any atom is 0.346 e. The average Bonchev–Trinajstić information content (AvgIpc) is 2.92. The van der Waals surface area contributed by atoms with Crippen molar-refractivity contribution in [2.24, 2.45) is 7.05 Å². The van der Waals surface area contributed by atoms with E-state index in [0.717, 1.165) is 12.8 Å². The Labute approximate surface area is 109 Å². The maximum absolute atomic E-state index is 11.7. The van der Waals surface area contributed by atoms with Gasteiger partial charge in [-0.2, -0.15) is 4.57 Å². The Morgan fingerprint density at radius 1 is 1.50 bits per heavy atom. The highest BCUT2D eigenvalue weighted by molar-refractivity contribution is 7.09. The molecule has 0 aliphatic rings. The van der Waals surface area contributed by atoms with E-state index in [2.05, 4.69) is 6.07 Å². The summed E-state index contributed by atoms with van der Waals surface area (Å²) in [6.07, 6.45) is 2.53. The molecule has 0 aliphatic carbocycles. The summed E-state index contributed by atoms with van der Waals surface area (Å²) in [5.74, 6) is -0.154. The van der Waals surface area contributed by atoms with Gasteiger partial charge < -0.3 is 9.52 Å². The van der Waals surface area contributed by atoms with E-state index >= 15 is 0 Å². The van der Waals surface area contributed by atoms with E-state index < -0.39 is 0 Å². The summed E-state index contributed by atoms with van der Waals surface area (Å²) in [7, 11) is 1.64. The van der Waals surface area contributed by atoms with Crippen molar-refractivity contribution in [2.75, 3.05) is 0 Å². The number of nitrogens with zero attached hydrogens (tertiary/aromatic N) is 1. The summed E-state index contributed by atoms with van der Waals surface area (Å²) in [4.78, 5) is 12.5. The van der Waals surface area contributed by atoms with Gasteiger partial charge in [0, 0.05) is 11.8 Å². The summed E-state index contributed by atoms with van der Waals surface area (Å²) in [6, 6.07) is 4.11. The van der Waals surface area contributed by atoms with Gasteiger partial charge in [0.1, 0.15) is 7.05 Å². The third-order valence-corrected chi connectivity index (χ3v) is 3.74. The molecule has 0 amide bonds. The second-order valence-corrected chi connectivity index (χ2v) is 5.21. The number of carbonyl (C=O) groups is 1. The molecule has 0 fully saturated rings. The molecule has 2 aromatic heterocycles. The number of oxazole rings is 1. The van der Waals surface area contributed by atoms with Gasteiger partial charge in [-0.05, 0) is 24.3 Å². The molecule has 0 atom stereocenters. The zero-order chi connectivity index (χ0) is 13.1. The Kier molecular flexibility index (Phi) is 3.81. The van der Waals surface area contributed by atoms with Gasteiger partial charge >= 0.3 is 5.89 Å². The maximum atomic E-state index is 11.7. The van der Waals surface area contributed by atoms with E-state index in [1.807, 2.05) is 11.4 Å². The van der Waals surface area contributed by atoms with Crippen LogP contribution in [0.4, 0.5) is 0 Å². The second kappa shape index (κ2) is 5.35. The highest BCUT2D eigenvalue weighted by atomic mass is 32.1. The summed E-state index contributed by atoms with van der Waals surface area (Å²) in [5.41, 5.74) is 0. The van der Waals surface area contributed by atoms with Gasteiger partial charge in [0.05, 0.1) is 6.42 Å². The number of Topliss-reactive ketones (excluding diaryl/α,β-unsaturated/α-hetero) is 1. The van der Waals surface area contributed by atoms with Crippen molar-refractivity contribution in [2.45, 2.75) is 26.2 Å². The Bertz CT molecular complexity index is 543.